The van der Waals surface area contributed by atoms with Crippen LogP contribution < -0.4 is 5.73 Å². The van der Waals surface area contributed by atoms with Gasteiger partial charge in [0.05, 0.1) is 0 Å². The minimum atomic E-state index is -0.231. The van der Waals surface area contributed by atoms with Gasteiger partial charge in [-0.1, -0.05) is 35.8 Å². The van der Waals surface area contributed by atoms with E-state index in [1.165, 1.54) is 12.1 Å². The first-order valence-corrected chi connectivity index (χ1v) is 7.12. The Labute approximate surface area is 121 Å². The minimum Gasteiger partial charge on any atom is -0.350 e. The lowest BCUT2D eigenvalue weighted by Crippen LogP contribution is -2.15. The van der Waals surface area contributed by atoms with E-state index in [2.05, 4.69) is 40.5 Å². The fourth-order valence-corrected chi connectivity index (χ4v) is 2.46. The molecule has 0 radical (unpaired) electrons. The molecule has 0 aliphatic heterocycles. The predicted molar refractivity (Wildman–Crippen MR) is 79.4 cm³/mol. The van der Waals surface area contributed by atoms with Crippen molar-refractivity contribution < 1.29 is 4.39 Å². The Morgan fingerprint density at radius 2 is 2.05 bits per heavy atom. The van der Waals surface area contributed by atoms with Gasteiger partial charge in [-0.3, -0.25) is 0 Å². The van der Waals surface area contributed by atoms with Crippen molar-refractivity contribution in [2.24, 2.45) is 11.7 Å². The number of hydrogen-bond donors (Lipinski definition) is 1. The van der Waals surface area contributed by atoms with Crippen molar-refractivity contribution in [3.05, 3.63) is 58.1 Å². The Balaban J connectivity index is 2.16. The molecule has 0 bridgehead atoms. The van der Waals surface area contributed by atoms with Crippen LogP contribution in [-0.4, -0.2) is 4.57 Å². The topological polar surface area (TPSA) is 30.9 Å². The fraction of sp³-hybridized carbons (Fsp3) is 0.333. The number of benzene rings is 1. The summed E-state index contributed by atoms with van der Waals surface area (Å²) in [5.74, 6) is 0.180. The van der Waals surface area contributed by atoms with Gasteiger partial charge >= 0.3 is 0 Å². The Bertz CT molecular complexity index is 563. The second-order valence-electron chi connectivity index (χ2n) is 5.12. The standard InChI is InChI=1S/C15H18BrFN2/c1-10(2)15(18)12-5-6-19(9-12)8-11-3-4-13(17)7-14(11)16/h3-7,9-10,15H,8,18H2,1-2H3. The molecule has 1 unspecified atom stereocenters. The molecule has 0 saturated carbocycles. The van der Waals surface area contributed by atoms with Crippen molar-refractivity contribution in [3.63, 3.8) is 0 Å². The lowest BCUT2D eigenvalue weighted by molar-refractivity contribution is 0.513. The summed E-state index contributed by atoms with van der Waals surface area (Å²) in [5, 5.41) is 0. The smallest absolute Gasteiger partial charge is 0.124 e. The van der Waals surface area contributed by atoms with Crippen LogP contribution in [0.4, 0.5) is 4.39 Å². The molecule has 0 spiro atoms. The van der Waals surface area contributed by atoms with Crippen molar-refractivity contribution in [2.75, 3.05) is 0 Å². The van der Waals surface area contributed by atoms with Crippen LogP contribution >= 0.6 is 15.9 Å². The second-order valence-corrected chi connectivity index (χ2v) is 5.98. The van der Waals surface area contributed by atoms with Crippen LogP contribution in [0.2, 0.25) is 0 Å². The quantitative estimate of drug-likeness (QED) is 0.902. The molecule has 1 atom stereocenters. The molecule has 0 amide bonds. The normalized spacial score (nSPS) is 12.9. The lowest BCUT2D eigenvalue weighted by atomic mass is 10.00. The van der Waals surface area contributed by atoms with E-state index in [0.717, 1.165) is 15.6 Å². The summed E-state index contributed by atoms with van der Waals surface area (Å²) in [6.07, 6.45) is 4.06. The predicted octanol–water partition coefficient (Wildman–Crippen LogP) is 4.09. The van der Waals surface area contributed by atoms with E-state index in [0.29, 0.717) is 12.5 Å². The van der Waals surface area contributed by atoms with Crippen molar-refractivity contribution in [1.29, 1.82) is 0 Å². The molecule has 1 aromatic carbocycles. The van der Waals surface area contributed by atoms with Crippen molar-refractivity contribution in [2.45, 2.75) is 26.4 Å². The Kier molecular flexibility index (Phi) is 4.42. The molecule has 0 fully saturated rings. The molecular formula is C15H18BrFN2. The van der Waals surface area contributed by atoms with Gasteiger partial charge in [-0.05, 0) is 35.2 Å². The third kappa shape index (κ3) is 3.45. The maximum atomic E-state index is 13.0. The molecule has 4 heteroatoms. The zero-order valence-corrected chi connectivity index (χ0v) is 12.7. The minimum absolute atomic E-state index is 0.0536. The van der Waals surface area contributed by atoms with Crippen LogP contribution in [0.25, 0.3) is 0 Å². The largest absolute Gasteiger partial charge is 0.350 e. The highest BCUT2D eigenvalue weighted by Crippen LogP contribution is 2.22. The molecule has 2 N–H and O–H groups in total. The highest BCUT2D eigenvalue weighted by molar-refractivity contribution is 9.10. The summed E-state index contributed by atoms with van der Waals surface area (Å²) in [4.78, 5) is 0. The van der Waals surface area contributed by atoms with E-state index in [1.807, 2.05) is 12.3 Å². The van der Waals surface area contributed by atoms with Crippen LogP contribution in [0.5, 0.6) is 0 Å². The average molecular weight is 325 g/mol. The second kappa shape index (κ2) is 5.88. The summed E-state index contributed by atoms with van der Waals surface area (Å²) in [6.45, 7) is 4.92. The van der Waals surface area contributed by atoms with Gasteiger partial charge in [0.15, 0.2) is 0 Å². The van der Waals surface area contributed by atoms with Gasteiger partial charge in [-0.2, -0.15) is 0 Å². The van der Waals surface area contributed by atoms with E-state index in [9.17, 15) is 4.39 Å². The summed E-state index contributed by atoms with van der Waals surface area (Å²) >= 11 is 3.39. The number of aromatic nitrogens is 1. The van der Waals surface area contributed by atoms with Crippen molar-refractivity contribution in [1.82, 2.24) is 4.57 Å². The van der Waals surface area contributed by atoms with Gasteiger partial charge < -0.3 is 10.3 Å². The summed E-state index contributed by atoms with van der Waals surface area (Å²) in [6, 6.07) is 6.85. The van der Waals surface area contributed by atoms with Crippen LogP contribution in [0, 0.1) is 11.7 Å². The van der Waals surface area contributed by atoms with Crippen LogP contribution in [0.15, 0.2) is 41.1 Å². The van der Waals surface area contributed by atoms with E-state index in [-0.39, 0.29) is 11.9 Å². The van der Waals surface area contributed by atoms with Crippen LogP contribution in [0.3, 0.4) is 0 Å². The Hall–Kier alpha value is -1.13. The summed E-state index contributed by atoms with van der Waals surface area (Å²) in [5.41, 5.74) is 8.30. The molecule has 1 aromatic heterocycles. The molecule has 2 aromatic rings. The molecule has 0 aliphatic rings. The van der Waals surface area contributed by atoms with Crippen LogP contribution in [-0.2, 0) is 6.54 Å². The monoisotopic (exact) mass is 324 g/mol. The first-order valence-electron chi connectivity index (χ1n) is 6.32. The number of hydrogen-bond acceptors (Lipinski definition) is 1. The molecule has 19 heavy (non-hydrogen) atoms. The average Bonchev–Trinajstić information content (AvgIpc) is 2.80. The van der Waals surface area contributed by atoms with Gasteiger partial charge in [-0.25, -0.2) is 4.39 Å². The molecule has 1 heterocycles. The van der Waals surface area contributed by atoms with Crippen molar-refractivity contribution in [3.8, 4) is 0 Å². The SMILES string of the molecule is CC(C)C(N)c1ccn(Cc2ccc(F)cc2Br)c1. The molecular weight excluding hydrogens is 307 g/mol. The maximum Gasteiger partial charge on any atom is 0.124 e. The van der Waals surface area contributed by atoms with Gasteiger partial charge in [0, 0.05) is 29.5 Å². The highest BCUT2D eigenvalue weighted by atomic mass is 79.9. The molecule has 2 nitrogen and oxygen atoms in total. The highest BCUT2D eigenvalue weighted by Gasteiger charge is 2.12. The maximum absolute atomic E-state index is 13.0. The number of halogens is 2. The zero-order chi connectivity index (χ0) is 14.0. The van der Waals surface area contributed by atoms with Gasteiger partial charge in [0.1, 0.15) is 5.82 Å². The van der Waals surface area contributed by atoms with Crippen LogP contribution in [0.1, 0.15) is 31.0 Å². The molecule has 0 aliphatic carbocycles. The Morgan fingerprint density at radius 1 is 1.32 bits per heavy atom. The third-order valence-electron chi connectivity index (χ3n) is 3.24. The fourth-order valence-electron chi connectivity index (χ4n) is 1.99. The third-order valence-corrected chi connectivity index (χ3v) is 3.98. The van der Waals surface area contributed by atoms with Gasteiger partial charge in [0.25, 0.3) is 0 Å². The van der Waals surface area contributed by atoms with E-state index in [4.69, 9.17) is 5.73 Å². The van der Waals surface area contributed by atoms with Crippen molar-refractivity contribution >= 4 is 15.9 Å². The first-order chi connectivity index (χ1) is 8.97. The number of rotatable bonds is 4. The van der Waals surface area contributed by atoms with E-state index in [1.54, 1.807) is 6.07 Å². The number of nitrogens with zero attached hydrogens (tertiary/aromatic N) is 1. The zero-order valence-electron chi connectivity index (χ0n) is 11.1. The van der Waals surface area contributed by atoms with E-state index < -0.39 is 0 Å². The van der Waals surface area contributed by atoms with E-state index >= 15 is 0 Å². The first kappa shape index (κ1) is 14.3. The number of nitrogens with two attached hydrogens (primary N) is 1. The van der Waals surface area contributed by atoms with Gasteiger partial charge in [0.2, 0.25) is 0 Å². The summed E-state index contributed by atoms with van der Waals surface area (Å²) < 4.78 is 15.9. The molecule has 0 saturated heterocycles. The Morgan fingerprint density at radius 3 is 2.68 bits per heavy atom. The molecule has 102 valence electrons. The van der Waals surface area contributed by atoms with Gasteiger partial charge in [-0.15, -0.1) is 0 Å². The lowest BCUT2D eigenvalue weighted by Gasteiger charge is -2.13. The summed E-state index contributed by atoms with van der Waals surface area (Å²) in [7, 11) is 0. The molecule has 2 rings (SSSR count).